The molecule has 24 heavy (non-hydrogen) atoms. The molecule has 1 aromatic rings. The Hall–Kier alpha value is -2.59. The lowest BCUT2D eigenvalue weighted by molar-refractivity contribution is -0.0916. The van der Waals surface area contributed by atoms with Gasteiger partial charge in [0, 0.05) is 0 Å². The number of hydrazone groups is 1. The molecule has 11 heteroatoms. The van der Waals surface area contributed by atoms with Crippen LogP contribution in [0.4, 0.5) is 32.2 Å². The first-order valence-corrected chi connectivity index (χ1v) is 6.50. The summed E-state index contributed by atoms with van der Waals surface area (Å²) in [7, 11) is 0. The van der Waals surface area contributed by atoms with Gasteiger partial charge in [-0.15, -0.1) is 0 Å². The molecule has 1 aromatic heterocycles. The van der Waals surface area contributed by atoms with Gasteiger partial charge in [-0.3, -0.25) is 4.98 Å². The van der Waals surface area contributed by atoms with Crippen molar-refractivity contribution in [2.24, 2.45) is 5.10 Å². The van der Waals surface area contributed by atoms with E-state index in [-0.39, 0.29) is 11.5 Å². The molecule has 2 aliphatic rings. The highest BCUT2D eigenvalue weighted by Gasteiger charge is 2.42. The lowest BCUT2D eigenvalue weighted by Crippen LogP contribution is -2.45. The van der Waals surface area contributed by atoms with Crippen molar-refractivity contribution in [3.63, 3.8) is 0 Å². The Morgan fingerprint density at radius 1 is 1.08 bits per heavy atom. The summed E-state index contributed by atoms with van der Waals surface area (Å²) in [5.41, 5.74) is -1.75. The summed E-state index contributed by atoms with van der Waals surface area (Å²) in [6.45, 7) is -0.471. The Morgan fingerprint density at radius 2 is 1.79 bits per heavy atom. The van der Waals surface area contributed by atoms with Crippen LogP contribution in [0.2, 0.25) is 0 Å². The Bertz CT molecular complexity index is 737. The van der Waals surface area contributed by atoms with Gasteiger partial charge in [0.15, 0.2) is 17.6 Å². The normalized spacial score (nSPS) is 20.9. The number of allylic oxidation sites excluding steroid dienone is 2. The molecular formula is C13H8F6N4O. The summed E-state index contributed by atoms with van der Waals surface area (Å²) in [6, 6.07) is 0. The number of nitrogens with zero attached hydrogens (tertiary/aromatic N) is 4. The van der Waals surface area contributed by atoms with E-state index >= 15 is 0 Å². The van der Waals surface area contributed by atoms with E-state index in [4.69, 9.17) is 4.74 Å². The van der Waals surface area contributed by atoms with Gasteiger partial charge in [-0.2, -0.15) is 31.4 Å². The van der Waals surface area contributed by atoms with Crippen molar-refractivity contribution >= 4 is 11.5 Å². The SMILES string of the molecule is FC(F)(F)C1=COC(c2cncc(N3CC(C(F)(F)F)=N3)n2)C=C1. The van der Waals surface area contributed by atoms with Gasteiger partial charge >= 0.3 is 12.4 Å². The maximum absolute atomic E-state index is 12.5. The molecule has 5 nitrogen and oxygen atoms in total. The molecule has 0 saturated heterocycles. The first-order valence-electron chi connectivity index (χ1n) is 6.50. The van der Waals surface area contributed by atoms with Crippen molar-refractivity contribution in [2.75, 3.05) is 11.6 Å². The summed E-state index contributed by atoms with van der Waals surface area (Å²) < 4.78 is 79.5. The predicted molar refractivity (Wildman–Crippen MR) is 70.0 cm³/mol. The van der Waals surface area contributed by atoms with Gasteiger partial charge in [-0.1, -0.05) is 0 Å². The van der Waals surface area contributed by atoms with Crippen LogP contribution < -0.4 is 5.01 Å². The molecule has 1 atom stereocenters. The number of halogens is 6. The second kappa shape index (κ2) is 5.49. The molecule has 3 heterocycles. The van der Waals surface area contributed by atoms with Gasteiger partial charge in [0.1, 0.15) is 5.69 Å². The molecule has 0 aromatic carbocycles. The molecule has 0 fully saturated rings. The molecular weight excluding hydrogens is 342 g/mol. The van der Waals surface area contributed by atoms with Crippen LogP contribution in [0.25, 0.3) is 0 Å². The number of anilines is 1. The van der Waals surface area contributed by atoms with Gasteiger partial charge in [-0.25, -0.2) is 9.99 Å². The Balaban J connectivity index is 1.74. The molecule has 0 saturated carbocycles. The van der Waals surface area contributed by atoms with E-state index in [0.717, 1.165) is 17.2 Å². The first-order chi connectivity index (χ1) is 11.1. The van der Waals surface area contributed by atoms with Crippen molar-refractivity contribution < 1.29 is 31.1 Å². The molecule has 128 valence electrons. The van der Waals surface area contributed by atoms with Crippen LogP contribution in [0.15, 0.2) is 41.5 Å². The van der Waals surface area contributed by atoms with Crippen LogP contribution in [0.3, 0.4) is 0 Å². The van der Waals surface area contributed by atoms with Gasteiger partial charge in [0.2, 0.25) is 0 Å². The van der Waals surface area contributed by atoms with Gasteiger partial charge in [0.25, 0.3) is 0 Å². The molecule has 0 N–H and O–H groups in total. The minimum absolute atomic E-state index is 0.0445. The van der Waals surface area contributed by atoms with Gasteiger partial charge < -0.3 is 4.74 Å². The summed E-state index contributed by atoms with van der Waals surface area (Å²) >= 11 is 0. The first kappa shape index (κ1) is 16.3. The lowest BCUT2D eigenvalue weighted by atomic mass is 10.1. The maximum atomic E-state index is 12.5. The number of hydrogen-bond donors (Lipinski definition) is 0. The standard InChI is InChI=1S/C13H8F6N4O/c14-12(15,16)7-1-2-9(24-6-7)8-3-20-4-11(21-8)23-5-10(22-23)13(17,18)19/h1-4,6,9H,5H2. The second-order valence-electron chi connectivity index (χ2n) is 4.89. The second-order valence-corrected chi connectivity index (χ2v) is 4.89. The van der Waals surface area contributed by atoms with Crippen molar-refractivity contribution in [3.8, 4) is 0 Å². The third-order valence-electron chi connectivity index (χ3n) is 3.18. The van der Waals surface area contributed by atoms with E-state index in [0.29, 0.717) is 6.26 Å². The topological polar surface area (TPSA) is 50.6 Å². The quantitative estimate of drug-likeness (QED) is 0.768. The minimum Gasteiger partial charge on any atom is -0.487 e. The van der Waals surface area contributed by atoms with E-state index in [1.165, 1.54) is 12.4 Å². The zero-order valence-electron chi connectivity index (χ0n) is 11.6. The summed E-state index contributed by atoms with van der Waals surface area (Å²) in [5.74, 6) is 0.0445. The highest BCUT2D eigenvalue weighted by atomic mass is 19.4. The van der Waals surface area contributed by atoms with Crippen molar-refractivity contribution in [1.29, 1.82) is 0 Å². The Morgan fingerprint density at radius 3 is 2.33 bits per heavy atom. The van der Waals surface area contributed by atoms with Crippen LogP contribution >= 0.6 is 0 Å². The number of aromatic nitrogens is 2. The molecule has 0 bridgehead atoms. The van der Waals surface area contributed by atoms with E-state index in [1.807, 2.05) is 0 Å². The lowest BCUT2D eigenvalue weighted by Gasteiger charge is -2.29. The van der Waals surface area contributed by atoms with Gasteiger partial charge in [0.05, 0.1) is 30.8 Å². The minimum atomic E-state index is -4.53. The van der Waals surface area contributed by atoms with E-state index in [2.05, 4.69) is 15.1 Å². The van der Waals surface area contributed by atoms with Crippen LogP contribution in [0, 0.1) is 0 Å². The van der Waals surface area contributed by atoms with Crippen LogP contribution in [0.5, 0.6) is 0 Å². The number of alkyl halides is 6. The third-order valence-corrected chi connectivity index (χ3v) is 3.18. The highest BCUT2D eigenvalue weighted by Crippen LogP contribution is 2.33. The Kier molecular flexibility index (Phi) is 3.73. The molecule has 0 radical (unpaired) electrons. The molecule has 0 spiro atoms. The number of rotatable bonds is 2. The van der Waals surface area contributed by atoms with E-state index in [1.54, 1.807) is 0 Å². The zero-order chi connectivity index (χ0) is 17.5. The summed E-state index contributed by atoms with van der Waals surface area (Å²) in [6.07, 6.45) is -4.98. The van der Waals surface area contributed by atoms with Gasteiger partial charge in [-0.05, 0) is 12.2 Å². The average Bonchev–Trinajstić information content (AvgIpc) is 2.44. The van der Waals surface area contributed by atoms with E-state index < -0.39 is 36.3 Å². The fourth-order valence-electron chi connectivity index (χ4n) is 1.94. The maximum Gasteiger partial charge on any atom is 0.433 e. The molecule has 3 rings (SSSR count). The van der Waals surface area contributed by atoms with Crippen molar-refractivity contribution in [2.45, 2.75) is 18.5 Å². The number of ether oxygens (including phenoxy) is 1. The molecule has 1 unspecified atom stereocenters. The van der Waals surface area contributed by atoms with Crippen LogP contribution in [-0.2, 0) is 4.74 Å². The fraction of sp³-hybridized carbons (Fsp3) is 0.308. The monoisotopic (exact) mass is 350 g/mol. The molecule has 0 amide bonds. The largest absolute Gasteiger partial charge is 0.487 e. The Labute approximate surface area is 130 Å². The predicted octanol–water partition coefficient (Wildman–Crippen LogP) is 3.29. The summed E-state index contributed by atoms with van der Waals surface area (Å²) in [4.78, 5) is 7.83. The molecule has 2 aliphatic heterocycles. The van der Waals surface area contributed by atoms with E-state index in [9.17, 15) is 26.3 Å². The average molecular weight is 350 g/mol. The molecule has 0 aliphatic carbocycles. The van der Waals surface area contributed by atoms with Crippen molar-refractivity contribution in [3.05, 3.63) is 42.1 Å². The number of hydrogen-bond acceptors (Lipinski definition) is 5. The fourth-order valence-corrected chi connectivity index (χ4v) is 1.94. The highest BCUT2D eigenvalue weighted by molar-refractivity contribution is 5.98. The third kappa shape index (κ3) is 3.19. The van der Waals surface area contributed by atoms with Crippen LogP contribution in [0.1, 0.15) is 11.8 Å². The van der Waals surface area contributed by atoms with Crippen LogP contribution in [-0.4, -0.2) is 34.6 Å². The summed E-state index contributed by atoms with van der Waals surface area (Å²) in [5, 5.41) is 4.29. The zero-order valence-corrected chi connectivity index (χ0v) is 11.6. The smallest absolute Gasteiger partial charge is 0.433 e. The van der Waals surface area contributed by atoms with Crippen molar-refractivity contribution in [1.82, 2.24) is 9.97 Å².